The topological polar surface area (TPSA) is 91.4 Å². The van der Waals surface area contributed by atoms with E-state index < -0.39 is 0 Å². The first-order chi connectivity index (χ1) is 21.0. The minimum atomic E-state index is -0.182. The molecule has 0 atom stereocenters. The number of benzene rings is 3. The van der Waals surface area contributed by atoms with Crippen LogP contribution in [0.3, 0.4) is 0 Å². The summed E-state index contributed by atoms with van der Waals surface area (Å²) < 4.78 is 27.6. The molecule has 1 N–H and O–H groups in total. The monoisotopic (exact) mass is 603 g/mol. The minimum Gasteiger partial charge on any atom is -0.497 e. The molecule has 3 aromatic carbocycles. The molecule has 1 aliphatic heterocycles. The van der Waals surface area contributed by atoms with E-state index in [9.17, 15) is 4.79 Å². The van der Waals surface area contributed by atoms with Crippen molar-refractivity contribution in [2.24, 2.45) is 0 Å². The van der Waals surface area contributed by atoms with Gasteiger partial charge in [0.2, 0.25) is 6.79 Å². The number of fused-ring (bicyclic) bond motifs is 1. The van der Waals surface area contributed by atoms with Crippen LogP contribution in [0.25, 0.3) is 0 Å². The maximum absolute atomic E-state index is 12.9. The fraction of sp³-hybridized carbons (Fsp3) is 0.333. The van der Waals surface area contributed by atoms with Gasteiger partial charge in [0, 0.05) is 36.6 Å². The molecule has 0 saturated heterocycles. The first-order valence-electron chi connectivity index (χ1n) is 14.2. The van der Waals surface area contributed by atoms with E-state index in [1.165, 1.54) is 16.9 Å². The van der Waals surface area contributed by atoms with Crippen molar-refractivity contribution in [3.63, 3.8) is 0 Å². The number of nitrogens with one attached hydrogen (secondary N) is 1. The molecule has 226 valence electrons. The summed E-state index contributed by atoms with van der Waals surface area (Å²) in [7, 11) is 4.98. The molecular weight excluding hydrogens is 566 g/mol. The summed E-state index contributed by atoms with van der Waals surface area (Å²) in [6.45, 7) is 4.62. The maximum Gasteiger partial charge on any atom is 0.270 e. The largest absolute Gasteiger partial charge is 0.497 e. The number of rotatable bonds is 14. The number of hydrogen-bond acceptors (Lipinski definition) is 9. The van der Waals surface area contributed by atoms with Crippen LogP contribution in [0.5, 0.6) is 28.7 Å². The van der Waals surface area contributed by atoms with E-state index in [4.69, 9.17) is 23.7 Å². The number of hydrogen-bond donors (Lipinski definition) is 1. The minimum absolute atomic E-state index is 0.182. The Labute approximate surface area is 256 Å². The Balaban J connectivity index is 1.26. The van der Waals surface area contributed by atoms with Gasteiger partial charge < -0.3 is 29.0 Å². The number of aryl methyl sites for hydroxylation is 1. The van der Waals surface area contributed by atoms with Crippen LogP contribution >= 0.6 is 11.3 Å². The third kappa shape index (κ3) is 7.57. The van der Waals surface area contributed by atoms with Gasteiger partial charge in [-0.25, -0.2) is 4.98 Å². The van der Waals surface area contributed by atoms with Gasteiger partial charge in [0.1, 0.15) is 28.0 Å². The zero-order valence-electron chi connectivity index (χ0n) is 25.0. The van der Waals surface area contributed by atoms with Gasteiger partial charge >= 0.3 is 0 Å². The van der Waals surface area contributed by atoms with Crippen molar-refractivity contribution in [2.75, 3.05) is 34.7 Å². The first kappa shape index (κ1) is 30.2. The zero-order valence-corrected chi connectivity index (χ0v) is 25.8. The van der Waals surface area contributed by atoms with Crippen LogP contribution < -0.4 is 29.0 Å². The summed E-state index contributed by atoms with van der Waals surface area (Å²) in [5.74, 6) is 3.67. The molecule has 0 radical (unpaired) electrons. The summed E-state index contributed by atoms with van der Waals surface area (Å²) >= 11 is 1.48. The molecule has 1 amide bonds. The molecule has 10 heteroatoms. The summed E-state index contributed by atoms with van der Waals surface area (Å²) in [4.78, 5) is 19.9. The first-order valence-corrected chi connectivity index (χ1v) is 15.1. The lowest BCUT2D eigenvalue weighted by Crippen LogP contribution is -2.26. The molecule has 0 unspecified atom stereocenters. The number of nitrogens with zero attached hydrogens (tertiary/aromatic N) is 2. The summed E-state index contributed by atoms with van der Waals surface area (Å²) in [5, 5.41) is 5.67. The fourth-order valence-electron chi connectivity index (χ4n) is 5.02. The van der Waals surface area contributed by atoms with Gasteiger partial charge in [0.05, 0.1) is 27.9 Å². The predicted octanol–water partition coefficient (Wildman–Crippen LogP) is 5.63. The van der Waals surface area contributed by atoms with Crippen LogP contribution in [0.4, 0.5) is 0 Å². The van der Waals surface area contributed by atoms with Crippen molar-refractivity contribution in [2.45, 2.75) is 39.4 Å². The second kappa shape index (κ2) is 14.3. The van der Waals surface area contributed by atoms with Crippen LogP contribution in [0.2, 0.25) is 0 Å². The number of amides is 1. The number of methoxy groups -OCH3 is 3. The van der Waals surface area contributed by atoms with E-state index in [0.29, 0.717) is 38.3 Å². The smallest absolute Gasteiger partial charge is 0.270 e. The normalized spacial score (nSPS) is 11.9. The molecular formula is C33H37N3O6S. The molecule has 1 aliphatic rings. The van der Waals surface area contributed by atoms with Gasteiger partial charge in [0.25, 0.3) is 5.91 Å². The lowest BCUT2D eigenvalue weighted by atomic mass is 10.1. The average Bonchev–Trinajstić information content (AvgIpc) is 3.70. The van der Waals surface area contributed by atoms with Crippen LogP contribution in [-0.4, -0.2) is 50.5 Å². The number of carbonyl (C=O) groups excluding carboxylic acids is 1. The van der Waals surface area contributed by atoms with E-state index >= 15 is 0 Å². The van der Waals surface area contributed by atoms with Crippen LogP contribution in [0.15, 0.2) is 60.0 Å². The molecule has 0 bridgehead atoms. The highest BCUT2D eigenvalue weighted by Crippen LogP contribution is 2.34. The van der Waals surface area contributed by atoms with Gasteiger partial charge in [-0.05, 0) is 53.8 Å². The van der Waals surface area contributed by atoms with E-state index in [1.807, 2.05) is 47.8 Å². The SMILES string of the molecule is CCc1ccc(CCNC(=O)c2csc(CN(Cc3ccc4c(c3)OCO4)Cc3ccc(OC)cc3OC)n2)cc1OC. The van der Waals surface area contributed by atoms with Gasteiger partial charge in [-0.15, -0.1) is 11.3 Å². The lowest BCUT2D eigenvalue weighted by Gasteiger charge is -2.23. The second-order valence-corrected chi connectivity index (χ2v) is 11.1. The van der Waals surface area contributed by atoms with E-state index in [-0.39, 0.29) is 12.7 Å². The highest BCUT2D eigenvalue weighted by atomic mass is 32.1. The molecule has 2 heterocycles. The van der Waals surface area contributed by atoms with Crippen LogP contribution in [0, 0.1) is 0 Å². The molecule has 0 saturated carbocycles. The fourth-order valence-corrected chi connectivity index (χ4v) is 5.83. The molecule has 0 spiro atoms. The molecule has 43 heavy (non-hydrogen) atoms. The molecule has 0 aliphatic carbocycles. The third-order valence-electron chi connectivity index (χ3n) is 7.31. The summed E-state index contributed by atoms with van der Waals surface area (Å²) in [5.41, 5.74) is 4.80. The van der Waals surface area contributed by atoms with Crippen molar-refractivity contribution >= 4 is 17.2 Å². The Morgan fingerprint density at radius 1 is 0.884 bits per heavy atom. The van der Waals surface area contributed by atoms with Crippen molar-refractivity contribution in [3.05, 3.63) is 92.9 Å². The number of aromatic nitrogens is 1. The Morgan fingerprint density at radius 3 is 2.44 bits per heavy atom. The van der Waals surface area contributed by atoms with Gasteiger partial charge in [-0.3, -0.25) is 9.69 Å². The Bertz CT molecular complexity index is 1560. The third-order valence-corrected chi connectivity index (χ3v) is 8.14. The highest BCUT2D eigenvalue weighted by molar-refractivity contribution is 7.09. The summed E-state index contributed by atoms with van der Waals surface area (Å²) in [6, 6.07) is 18.0. The van der Waals surface area contributed by atoms with E-state index in [0.717, 1.165) is 56.9 Å². The molecule has 9 nitrogen and oxygen atoms in total. The average molecular weight is 604 g/mol. The Kier molecular flexibility index (Phi) is 10.0. The molecule has 5 rings (SSSR count). The Hall–Kier alpha value is -4.28. The Morgan fingerprint density at radius 2 is 1.65 bits per heavy atom. The molecule has 1 aromatic heterocycles. The van der Waals surface area contributed by atoms with Crippen LogP contribution in [0.1, 0.15) is 44.7 Å². The predicted molar refractivity (Wildman–Crippen MR) is 166 cm³/mol. The maximum atomic E-state index is 12.9. The van der Waals surface area contributed by atoms with E-state index in [1.54, 1.807) is 21.3 Å². The number of ether oxygens (including phenoxy) is 5. The van der Waals surface area contributed by atoms with Crippen molar-refractivity contribution in [3.8, 4) is 28.7 Å². The quantitative estimate of drug-likeness (QED) is 0.198. The molecule has 4 aromatic rings. The number of carbonyl (C=O) groups is 1. The van der Waals surface area contributed by atoms with Crippen molar-refractivity contribution in [1.82, 2.24) is 15.2 Å². The van der Waals surface area contributed by atoms with Gasteiger partial charge in [-0.1, -0.05) is 31.2 Å². The number of thiazole rings is 1. The summed E-state index contributed by atoms with van der Waals surface area (Å²) in [6.07, 6.45) is 1.62. The second-order valence-electron chi connectivity index (χ2n) is 10.1. The van der Waals surface area contributed by atoms with Gasteiger partial charge in [0.15, 0.2) is 11.5 Å². The van der Waals surface area contributed by atoms with E-state index in [2.05, 4.69) is 34.3 Å². The van der Waals surface area contributed by atoms with Crippen molar-refractivity contribution < 1.29 is 28.5 Å². The lowest BCUT2D eigenvalue weighted by molar-refractivity contribution is 0.0949. The molecule has 0 fully saturated rings. The van der Waals surface area contributed by atoms with Crippen LogP contribution in [-0.2, 0) is 32.5 Å². The zero-order chi connectivity index (χ0) is 30.2. The van der Waals surface area contributed by atoms with Crippen molar-refractivity contribution in [1.29, 1.82) is 0 Å². The van der Waals surface area contributed by atoms with Gasteiger partial charge in [-0.2, -0.15) is 0 Å². The standard InChI is InChI=1S/C33H37N3O6S/c1-5-24-8-6-22(14-29(24)39-3)12-13-34-33(37)27-20-43-32(35-27)19-36(17-23-7-11-28-31(15-23)42-21-41-28)18-25-9-10-26(38-2)16-30(25)40-4/h6-11,14-16,20H,5,12-13,17-19,21H2,1-4H3,(H,34,37). The highest BCUT2D eigenvalue weighted by Gasteiger charge is 2.19.